The lowest BCUT2D eigenvalue weighted by atomic mass is 9.96. The summed E-state index contributed by atoms with van der Waals surface area (Å²) in [5.41, 5.74) is 0.792. The Balaban J connectivity index is 2.24. The molecule has 0 spiro atoms. The zero-order valence-electron chi connectivity index (χ0n) is 17.2. The number of nitrogens with one attached hydrogen (secondary N) is 1. The summed E-state index contributed by atoms with van der Waals surface area (Å²) in [5.74, 6) is 0.362. The van der Waals surface area contributed by atoms with E-state index in [1.54, 1.807) is 30.2 Å². The van der Waals surface area contributed by atoms with Crippen LogP contribution in [0.5, 0.6) is 17.2 Å². The van der Waals surface area contributed by atoms with Crippen molar-refractivity contribution in [1.29, 1.82) is 0 Å². The fourth-order valence-electron chi connectivity index (χ4n) is 3.75. The average Bonchev–Trinajstić information content (AvgIpc) is 3.26. The molecule has 29 heavy (non-hydrogen) atoms. The molecule has 7 nitrogen and oxygen atoms in total. The van der Waals surface area contributed by atoms with Crippen LogP contribution in [0.2, 0.25) is 0 Å². The highest BCUT2D eigenvalue weighted by molar-refractivity contribution is 5.99. The van der Waals surface area contributed by atoms with Gasteiger partial charge in [0.2, 0.25) is 0 Å². The molecule has 0 saturated carbocycles. The summed E-state index contributed by atoms with van der Waals surface area (Å²) in [6.45, 7) is 3.23. The fraction of sp³-hybridized carbons (Fsp3) is 0.455. The molecule has 1 fully saturated rings. The highest BCUT2D eigenvalue weighted by atomic mass is 16.5. The molecular weight excluding hydrogens is 372 g/mol. The largest absolute Gasteiger partial charge is 0.506 e. The first-order valence-electron chi connectivity index (χ1n) is 10.0. The third kappa shape index (κ3) is 4.09. The number of aromatic nitrogens is 1. The van der Waals surface area contributed by atoms with Crippen LogP contribution in [0.4, 0.5) is 0 Å². The van der Waals surface area contributed by atoms with Gasteiger partial charge in [0.15, 0.2) is 0 Å². The number of methoxy groups -OCH3 is 2. The van der Waals surface area contributed by atoms with Crippen LogP contribution in [0.15, 0.2) is 23.0 Å². The Morgan fingerprint density at radius 2 is 1.93 bits per heavy atom. The molecule has 3 rings (SSSR count). The number of ether oxygens (including phenoxy) is 2. The number of pyridine rings is 1. The van der Waals surface area contributed by atoms with E-state index in [1.807, 2.05) is 0 Å². The highest BCUT2D eigenvalue weighted by Gasteiger charge is 2.29. The van der Waals surface area contributed by atoms with E-state index in [0.717, 1.165) is 25.7 Å². The first kappa shape index (κ1) is 20.8. The van der Waals surface area contributed by atoms with Gasteiger partial charge in [-0.2, -0.15) is 0 Å². The minimum atomic E-state index is -0.559. The van der Waals surface area contributed by atoms with E-state index in [-0.39, 0.29) is 11.3 Å². The van der Waals surface area contributed by atoms with Gasteiger partial charge in [-0.05, 0) is 43.9 Å². The Labute approximate surface area is 170 Å². The van der Waals surface area contributed by atoms with Gasteiger partial charge >= 0.3 is 0 Å². The summed E-state index contributed by atoms with van der Waals surface area (Å²) in [6.07, 6.45) is 4.11. The molecule has 1 aliphatic heterocycles. The number of likely N-dealkylation sites (tertiary alicyclic amines) is 1. The van der Waals surface area contributed by atoms with Crippen molar-refractivity contribution in [3.8, 4) is 28.4 Å². The van der Waals surface area contributed by atoms with Crippen molar-refractivity contribution in [2.45, 2.75) is 39.0 Å². The molecular formula is C22H28N2O5. The molecule has 156 valence electrons. The number of carbonyl (C=O) groups is 1. The topological polar surface area (TPSA) is 91.9 Å². The zero-order valence-corrected chi connectivity index (χ0v) is 17.2. The Hall–Kier alpha value is -2.96. The molecule has 7 heteroatoms. The van der Waals surface area contributed by atoms with Crippen LogP contribution in [0.3, 0.4) is 0 Å². The van der Waals surface area contributed by atoms with Crippen molar-refractivity contribution in [3.63, 3.8) is 0 Å². The van der Waals surface area contributed by atoms with Crippen LogP contribution < -0.4 is 15.0 Å². The quantitative estimate of drug-likeness (QED) is 0.744. The van der Waals surface area contributed by atoms with E-state index in [0.29, 0.717) is 47.8 Å². The maximum Gasteiger partial charge on any atom is 0.264 e. The number of rotatable bonds is 7. The Morgan fingerprint density at radius 3 is 2.55 bits per heavy atom. The number of carbonyl (C=O) groups excluding carboxylic acids is 1. The van der Waals surface area contributed by atoms with Crippen molar-refractivity contribution in [1.82, 2.24) is 9.88 Å². The molecule has 0 atom stereocenters. The molecule has 2 heterocycles. The SMILES string of the molecule is CCCCc1[nH]c(=O)c(C(=O)N2CCCC2)c(O)c1-c1cc(OC)ccc1OC. The lowest BCUT2D eigenvalue weighted by molar-refractivity contribution is 0.0788. The predicted molar refractivity (Wildman–Crippen MR) is 111 cm³/mol. The summed E-state index contributed by atoms with van der Waals surface area (Å²) in [5, 5.41) is 11.2. The lowest BCUT2D eigenvalue weighted by Crippen LogP contribution is -2.33. The normalized spacial score (nSPS) is 13.6. The van der Waals surface area contributed by atoms with Gasteiger partial charge in [0, 0.05) is 29.9 Å². The van der Waals surface area contributed by atoms with E-state index >= 15 is 0 Å². The number of benzene rings is 1. The van der Waals surface area contributed by atoms with Gasteiger partial charge in [-0.25, -0.2) is 0 Å². The zero-order chi connectivity index (χ0) is 21.0. The monoisotopic (exact) mass is 400 g/mol. The minimum absolute atomic E-state index is 0.216. The number of unbranched alkanes of at least 4 members (excludes halogenated alkanes) is 1. The van der Waals surface area contributed by atoms with Crippen molar-refractivity contribution in [3.05, 3.63) is 39.8 Å². The van der Waals surface area contributed by atoms with Gasteiger partial charge in [0.1, 0.15) is 22.8 Å². The van der Waals surface area contributed by atoms with Gasteiger partial charge < -0.3 is 24.5 Å². The number of H-pyrrole nitrogens is 1. The number of aromatic amines is 1. The Morgan fingerprint density at radius 1 is 1.21 bits per heavy atom. The number of amides is 1. The van der Waals surface area contributed by atoms with Crippen LogP contribution >= 0.6 is 0 Å². The smallest absolute Gasteiger partial charge is 0.264 e. The molecule has 0 radical (unpaired) electrons. The molecule has 1 aromatic carbocycles. The van der Waals surface area contributed by atoms with Crippen LogP contribution in [0, 0.1) is 0 Å². The van der Waals surface area contributed by atoms with E-state index in [4.69, 9.17) is 9.47 Å². The van der Waals surface area contributed by atoms with Crippen molar-refractivity contribution in [2.24, 2.45) is 0 Å². The van der Waals surface area contributed by atoms with E-state index in [1.165, 1.54) is 7.11 Å². The molecule has 0 bridgehead atoms. The number of hydrogen-bond acceptors (Lipinski definition) is 5. The maximum atomic E-state index is 13.0. The third-order valence-electron chi connectivity index (χ3n) is 5.33. The minimum Gasteiger partial charge on any atom is -0.506 e. The second-order valence-corrected chi connectivity index (χ2v) is 7.20. The third-order valence-corrected chi connectivity index (χ3v) is 5.33. The fourth-order valence-corrected chi connectivity index (χ4v) is 3.75. The van der Waals surface area contributed by atoms with E-state index < -0.39 is 11.5 Å². The molecule has 1 aliphatic rings. The predicted octanol–water partition coefficient (Wildman–Crippen LogP) is 3.34. The summed E-state index contributed by atoms with van der Waals surface area (Å²) >= 11 is 0. The highest BCUT2D eigenvalue weighted by Crippen LogP contribution is 2.41. The van der Waals surface area contributed by atoms with Crippen LogP contribution in [-0.2, 0) is 6.42 Å². The van der Waals surface area contributed by atoms with Crippen LogP contribution in [0.1, 0.15) is 48.7 Å². The summed E-state index contributed by atoms with van der Waals surface area (Å²) in [6, 6.07) is 5.24. The summed E-state index contributed by atoms with van der Waals surface area (Å²) < 4.78 is 10.8. The van der Waals surface area contributed by atoms with Crippen LogP contribution in [0.25, 0.3) is 11.1 Å². The molecule has 1 aromatic heterocycles. The number of hydrogen-bond donors (Lipinski definition) is 2. The molecule has 2 aromatic rings. The van der Waals surface area contributed by atoms with Gasteiger partial charge in [0.05, 0.1) is 14.2 Å². The Kier molecular flexibility index (Phi) is 6.46. The standard InChI is InChI=1S/C22H28N2O5/c1-4-5-8-16-18(15-13-14(28-2)9-10-17(15)29-3)20(25)19(21(26)23-16)22(27)24-11-6-7-12-24/h9-10,13H,4-8,11-12H2,1-3H3,(H2,23,25,26). The van der Waals surface area contributed by atoms with Crippen molar-refractivity contribution >= 4 is 5.91 Å². The van der Waals surface area contributed by atoms with Gasteiger partial charge in [-0.3, -0.25) is 9.59 Å². The van der Waals surface area contributed by atoms with E-state index in [2.05, 4.69) is 11.9 Å². The van der Waals surface area contributed by atoms with Gasteiger partial charge in [-0.15, -0.1) is 0 Å². The number of aromatic hydroxyl groups is 1. The number of aryl methyl sites for hydroxylation is 1. The molecule has 0 aliphatic carbocycles. The average molecular weight is 400 g/mol. The Bertz CT molecular complexity index is 945. The molecule has 1 amide bonds. The summed E-state index contributed by atoms with van der Waals surface area (Å²) in [4.78, 5) is 30.2. The maximum absolute atomic E-state index is 13.0. The molecule has 2 N–H and O–H groups in total. The van der Waals surface area contributed by atoms with E-state index in [9.17, 15) is 14.7 Å². The molecule has 1 saturated heterocycles. The first-order chi connectivity index (χ1) is 14.0. The first-order valence-corrected chi connectivity index (χ1v) is 10.0. The van der Waals surface area contributed by atoms with Crippen molar-refractivity contribution < 1.29 is 19.4 Å². The number of nitrogens with zero attached hydrogens (tertiary/aromatic N) is 1. The van der Waals surface area contributed by atoms with Crippen LogP contribution in [-0.4, -0.2) is 48.2 Å². The lowest BCUT2D eigenvalue weighted by Gasteiger charge is -2.20. The van der Waals surface area contributed by atoms with Gasteiger partial charge in [-0.1, -0.05) is 13.3 Å². The second kappa shape index (κ2) is 9.03. The summed E-state index contributed by atoms with van der Waals surface area (Å²) in [7, 11) is 3.09. The molecule has 0 unspecified atom stereocenters. The van der Waals surface area contributed by atoms with Gasteiger partial charge in [0.25, 0.3) is 11.5 Å². The van der Waals surface area contributed by atoms with Crippen molar-refractivity contribution in [2.75, 3.05) is 27.3 Å². The second-order valence-electron chi connectivity index (χ2n) is 7.20.